The van der Waals surface area contributed by atoms with Gasteiger partial charge in [0.2, 0.25) is 5.91 Å². The molecule has 0 aromatic heterocycles. The summed E-state index contributed by atoms with van der Waals surface area (Å²) in [5.74, 6) is 0.654. The van der Waals surface area contributed by atoms with E-state index < -0.39 is 0 Å². The zero-order valence-corrected chi connectivity index (χ0v) is 14.5. The van der Waals surface area contributed by atoms with E-state index in [0.717, 1.165) is 41.0 Å². The van der Waals surface area contributed by atoms with Crippen LogP contribution in [0.25, 0.3) is 0 Å². The van der Waals surface area contributed by atoms with Gasteiger partial charge in [0.05, 0.1) is 13.5 Å². The number of ether oxygens (including phenoxy) is 1. The molecule has 0 saturated carbocycles. The Balaban J connectivity index is 2.25. The van der Waals surface area contributed by atoms with Crippen LogP contribution in [-0.4, -0.2) is 13.0 Å². The molecular formula is C19H22ClNO2. The maximum atomic E-state index is 12.5. The zero-order valence-electron chi connectivity index (χ0n) is 13.8. The molecule has 0 bridgehead atoms. The lowest BCUT2D eigenvalue weighted by molar-refractivity contribution is -0.115. The number of hydrogen-bond donors (Lipinski definition) is 1. The second-order valence-electron chi connectivity index (χ2n) is 5.30. The average molecular weight is 332 g/mol. The number of rotatable bonds is 6. The minimum Gasteiger partial charge on any atom is -0.496 e. The molecule has 2 rings (SSSR count). The van der Waals surface area contributed by atoms with Crippen molar-refractivity contribution in [3.8, 4) is 5.75 Å². The van der Waals surface area contributed by atoms with Gasteiger partial charge in [-0.25, -0.2) is 0 Å². The average Bonchev–Trinajstić information content (AvgIpc) is 2.56. The number of carbonyl (C=O) groups is 1. The van der Waals surface area contributed by atoms with Crippen LogP contribution in [0.5, 0.6) is 5.75 Å². The highest BCUT2D eigenvalue weighted by Crippen LogP contribution is 2.30. The summed E-state index contributed by atoms with van der Waals surface area (Å²) >= 11 is 6.28. The fourth-order valence-electron chi connectivity index (χ4n) is 2.67. The van der Waals surface area contributed by atoms with E-state index in [-0.39, 0.29) is 12.3 Å². The molecule has 2 aromatic carbocycles. The van der Waals surface area contributed by atoms with Crippen LogP contribution in [0.2, 0.25) is 5.02 Å². The highest BCUT2D eigenvalue weighted by atomic mass is 35.5. The largest absolute Gasteiger partial charge is 0.496 e. The van der Waals surface area contributed by atoms with Crippen LogP contribution in [0.4, 0.5) is 5.69 Å². The second kappa shape index (κ2) is 8.02. The van der Waals surface area contributed by atoms with E-state index >= 15 is 0 Å². The molecule has 1 N–H and O–H groups in total. The van der Waals surface area contributed by atoms with Gasteiger partial charge in [-0.15, -0.1) is 0 Å². The highest BCUT2D eigenvalue weighted by molar-refractivity contribution is 6.32. The fourth-order valence-corrected chi connectivity index (χ4v) is 2.96. The first-order chi connectivity index (χ1) is 11.1. The fraction of sp³-hybridized carbons (Fsp3) is 0.316. The Labute approximate surface area is 142 Å². The van der Waals surface area contributed by atoms with E-state index in [2.05, 4.69) is 12.2 Å². The van der Waals surface area contributed by atoms with Crippen LogP contribution in [0.15, 0.2) is 36.4 Å². The first-order valence-electron chi connectivity index (χ1n) is 7.82. The predicted octanol–water partition coefficient (Wildman–Crippen LogP) is 4.65. The van der Waals surface area contributed by atoms with Gasteiger partial charge in [0.1, 0.15) is 5.75 Å². The maximum Gasteiger partial charge on any atom is 0.228 e. The number of benzene rings is 2. The number of halogens is 1. The van der Waals surface area contributed by atoms with Gasteiger partial charge in [-0.05, 0) is 36.1 Å². The number of aryl methyl sites for hydroxylation is 1. The van der Waals surface area contributed by atoms with Gasteiger partial charge in [0.25, 0.3) is 0 Å². The van der Waals surface area contributed by atoms with Gasteiger partial charge in [-0.1, -0.05) is 49.7 Å². The Morgan fingerprint density at radius 2 is 1.83 bits per heavy atom. The van der Waals surface area contributed by atoms with E-state index in [4.69, 9.17) is 16.3 Å². The van der Waals surface area contributed by atoms with Gasteiger partial charge in [0.15, 0.2) is 0 Å². The lowest BCUT2D eigenvalue weighted by Gasteiger charge is -2.16. The number of nitrogens with one attached hydrogen (secondary N) is 1. The molecule has 4 heteroatoms. The van der Waals surface area contributed by atoms with Crippen molar-refractivity contribution in [3.63, 3.8) is 0 Å². The molecule has 0 unspecified atom stereocenters. The summed E-state index contributed by atoms with van der Waals surface area (Å²) in [6.07, 6.45) is 1.88. The van der Waals surface area contributed by atoms with Crippen LogP contribution in [0.3, 0.4) is 0 Å². The molecule has 0 fully saturated rings. The lowest BCUT2D eigenvalue weighted by Crippen LogP contribution is -2.17. The van der Waals surface area contributed by atoms with Gasteiger partial charge >= 0.3 is 0 Å². The molecule has 1 amide bonds. The lowest BCUT2D eigenvalue weighted by atomic mass is 10.0. The highest BCUT2D eigenvalue weighted by Gasteiger charge is 2.14. The van der Waals surface area contributed by atoms with Crippen molar-refractivity contribution < 1.29 is 9.53 Å². The summed E-state index contributed by atoms with van der Waals surface area (Å²) < 4.78 is 5.30. The number of hydrogen-bond acceptors (Lipinski definition) is 2. The summed E-state index contributed by atoms with van der Waals surface area (Å²) in [7, 11) is 1.61. The van der Waals surface area contributed by atoms with Crippen LogP contribution in [0, 0.1) is 0 Å². The molecule has 122 valence electrons. The first-order valence-corrected chi connectivity index (χ1v) is 8.20. The quantitative estimate of drug-likeness (QED) is 0.836. The van der Waals surface area contributed by atoms with Crippen molar-refractivity contribution in [3.05, 3.63) is 58.1 Å². The van der Waals surface area contributed by atoms with Gasteiger partial charge in [0, 0.05) is 16.3 Å². The van der Waals surface area contributed by atoms with Crippen molar-refractivity contribution >= 4 is 23.2 Å². The molecule has 0 atom stereocenters. The Bertz CT molecular complexity index is 698. The number of methoxy groups -OCH3 is 1. The van der Waals surface area contributed by atoms with Crippen LogP contribution in [-0.2, 0) is 24.1 Å². The van der Waals surface area contributed by atoms with E-state index in [9.17, 15) is 4.79 Å². The van der Waals surface area contributed by atoms with E-state index in [1.165, 1.54) is 0 Å². The number of anilines is 1. The van der Waals surface area contributed by atoms with E-state index in [1.807, 2.05) is 43.3 Å². The summed E-state index contributed by atoms with van der Waals surface area (Å²) in [5, 5.41) is 3.73. The van der Waals surface area contributed by atoms with E-state index in [0.29, 0.717) is 5.02 Å². The number of carbonyl (C=O) groups excluding carboxylic acids is 1. The monoisotopic (exact) mass is 331 g/mol. The molecule has 0 aliphatic carbocycles. The molecule has 23 heavy (non-hydrogen) atoms. The zero-order chi connectivity index (χ0) is 16.8. The Kier molecular flexibility index (Phi) is 6.05. The molecular weight excluding hydrogens is 310 g/mol. The maximum absolute atomic E-state index is 12.5. The molecule has 0 aliphatic heterocycles. The van der Waals surface area contributed by atoms with Crippen molar-refractivity contribution in [2.75, 3.05) is 12.4 Å². The van der Waals surface area contributed by atoms with Crippen molar-refractivity contribution in [2.45, 2.75) is 33.1 Å². The summed E-state index contributed by atoms with van der Waals surface area (Å²) in [4.78, 5) is 12.5. The summed E-state index contributed by atoms with van der Waals surface area (Å²) in [6, 6.07) is 11.4. The normalized spacial score (nSPS) is 10.4. The van der Waals surface area contributed by atoms with E-state index in [1.54, 1.807) is 7.11 Å². The smallest absolute Gasteiger partial charge is 0.228 e. The second-order valence-corrected chi connectivity index (χ2v) is 5.71. The standard InChI is InChI=1S/C19H22ClNO2/c1-4-13-10-11-16(20)15(5-2)19(13)21-18(22)12-14-8-6-7-9-17(14)23-3/h6-11H,4-5,12H2,1-3H3,(H,21,22). The molecule has 2 aromatic rings. The van der Waals surface area contributed by atoms with Crippen molar-refractivity contribution in [1.82, 2.24) is 0 Å². The summed E-state index contributed by atoms with van der Waals surface area (Å²) in [5.41, 5.74) is 3.80. The molecule has 0 saturated heterocycles. The minimum absolute atomic E-state index is 0.0684. The first kappa shape index (κ1) is 17.4. The Morgan fingerprint density at radius 3 is 2.48 bits per heavy atom. The van der Waals surface area contributed by atoms with Crippen molar-refractivity contribution in [2.24, 2.45) is 0 Å². The minimum atomic E-state index is -0.0684. The number of para-hydroxylation sites is 1. The molecule has 3 nitrogen and oxygen atoms in total. The third-order valence-electron chi connectivity index (χ3n) is 3.88. The topological polar surface area (TPSA) is 38.3 Å². The number of amides is 1. The molecule has 0 aliphatic rings. The summed E-state index contributed by atoms with van der Waals surface area (Å²) in [6.45, 7) is 4.11. The van der Waals surface area contributed by atoms with Crippen LogP contribution in [0.1, 0.15) is 30.5 Å². The third-order valence-corrected chi connectivity index (χ3v) is 4.24. The molecule has 0 heterocycles. The molecule has 0 spiro atoms. The predicted molar refractivity (Wildman–Crippen MR) is 95.5 cm³/mol. The third kappa shape index (κ3) is 4.05. The van der Waals surface area contributed by atoms with Gasteiger partial charge < -0.3 is 10.1 Å². The SMILES string of the molecule is CCc1ccc(Cl)c(CC)c1NC(=O)Cc1ccccc1OC. The van der Waals surface area contributed by atoms with Gasteiger partial charge in [-0.2, -0.15) is 0 Å². The van der Waals surface area contributed by atoms with Crippen LogP contribution < -0.4 is 10.1 Å². The van der Waals surface area contributed by atoms with Crippen LogP contribution >= 0.6 is 11.6 Å². The van der Waals surface area contributed by atoms with Gasteiger partial charge in [-0.3, -0.25) is 4.79 Å². The Morgan fingerprint density at radius 1 is 1.09 bits per heavy atom. The Hall–Kier alpha value is -2.00. The van der Waals surface area contributed by atoms with Crippen molar-refractivity contribution in [1.29, 1.82) is 0 Å². The molecule has 0 radical (unpaired) electrons.